The minimum absolute atomic E-state index is 0.0428. The zero-order valence-corrected chi connectivity index (χ0v) is 20.1. The molecule has 186 valence electrons. The molecule has 1 aliphatic heterocycles. The molecule has 5 nitrogen and oxygen atoms in total. The van der Waals surface area contributed by atoms with Gasteiger partial charge in [0.15, 0.2) is 0 Å². The smallest absolute Gasteiger partial charge is 0.310 e. The van der Waals surface area contributed by atoms with Crippen molar-refractivity contribution in [1.29, 1.82) is 0 Å². The fourth-order valence-electron chi connectivity index (χ4n) is 3.03. The van der Waals surface area contributed by atoms with Crippen LogP contribution in [0, 0.1) is 0 Å². The number of ether oxygens (including phenoxy) is 2. The number of likely N-dealkylation sites (N-methyl/N-ethyl adjacent to an activating group) is 1. The van der Waals surface area contributed by atoms with E-state index < -0.39 is 26.1 Å². The van der Waals surface area contributed by atoms with E-state index >= 15 is 0 Å². The van der Waals surface area contributed by atoms with Crippen molar-refractivity contribution in [2.45, 2.75) is 23.6 Å². The van der Waals surface area contributed by atoms with Gasteiger partial charge in [-0.15, -0.1) is 0 Å². The normalized spacial score (nSPS) is 18.2. The first-order chi connectivity index (χ1) is 15.8. The van der Waals surface area contributed by atoms with Gasteiger partial charge >= 0.3 is 10.2 Å². The Hall–Kier alpha value is -2.70. The molecular weight excluding hydrogens is 499 g/mol. The Labute approximate surface area is 196 Å². The van der Waals surface area contributed by atoms with E-state index in [9.17, 15) is 23.6 Å². The number of halogens is 5. The molecule has 1 unspecified atom stereocenters. The first kappa shape index (κ1) is 25.9. The number of hydrogen-bond acceptors (Lipinski definition) is 4. The van der Waals surface area contributed by atoms with E-state index in [1.54, 1.807) is 41.7 Å². The van der Waals surface area contributed by atoms with Crippen LogP contribution in [0.5, 0.6) is 17.4 Å². The van der Waals surface area contributed by atoms with Gasteiger partial charge in [0.25, 0.3) is 0 Å². The summed E-state index contributed by atoms with van der Waals surface area (Å²) in [5.74, 6) is 0.424. The van der Waals surface area contributed by atoms with Crippen molar-refractivity contribution in [2.75, 3.05) is 20.2 Å². The van der Waals surface area contributed by atoms with Gasteiger partial charge in [0.1, 0.15) is 34.0 Å². The molecule has 0 aliphatic carbocycles. The van der Waals surface area contributed by atoms with Crippen molar-refractivity contribution in [3.8, 4) is 28.5 Å². The Bertz CT molecular complexity index is 1210. The lowest BCUT2D eigenvalue weighted by molar-refractivity contribution is 0.295. The molecule has 3 aromatic rings. The van der Waals surface area contributed by atoms with Crippen LogP contribution in [0.25, 0.3) is 11.1 Å². The summed E-state index contributed by atoms with van der Waals surface area (Å²) in [4.78, 5) is 2.56. The molecule has 1 aliphatic rings. The highest BCUT2D eigenvalue weighted by Crippen LogP contribution is 3.02. The van der Waals surface area contributed by atoms with Crippen LogP contribution >= 0.6 is 10.2 Å². The Morgan fingerprint density at radius 1 is 1.03 bits per heavy atom. The number of fused-ring (bicyclic) bond motifs is 1. The fourth-order valence-corrected chi connectivity index (χ4v) is 4.79. The highest BCUT2D eigenvalue weighted by Gasteiger charge is 2.65. The number of aromatic nitrogens is 1. The van der Waals surface area contributed by atoms with Crippen LogP contribution in [0.2, 0.25) is 0 Å². The Morgan fingerprint density at radius 3 is 2.35 bits per heavy atom. The molecular formula is C22H23F5N2O3S2. The maximum Gasteiger partial charge on any atom is 0.310 e. The topological polar surface area (TPSA) is 51.7 Å². The Kier molecular flexibility index (Phi) is 6.72. The minimum Gasteiger partial charge on any atom is -0.491 e. The molecule has 0 radical (unpaired) electrons. The third-order valence-corrected chi connectivity index (χ3v) is 7.25. The van der Waals surface area contributed by atoms with Crippen molar-refractivity contribution in [3.05, 3.63) is 60.8 Å². The van der Waals surface area contributed by atoms with Crippen molar-refractivity contribution < 1.29 is 33.1 Å². The molecule has 34 heavy (non-hydrogen) atoms. The van der Waals surface area contributed by atoms with Gasteiger partial charge in [-0.05, 0) is 54.1 Å². The molecule has 0 spiro atoms. The van der Waals surface area contributed by atoms with Gasteiger partial charge in [0.05, 0.1) is 4.90 Å². The monoisotopic (exact) mass is 522 g/mol. The lowest BCUT2D eigenvalue weighted by Crippen LogP contribution is -2.23. The summed E-state index contributed by atoms with van der Waals surface area (Å²) in [6, 6.07) is 10.5. The average Bonchev–Trinajstić information content (AvgIpc) is 2.92. The minimum atomic E-state index is -9.77. The first-order valence-corrected chi connectivity index (χ1v) is 13.2. The van der Waals surface area contributed by atoms with Crippen molar-refractivity contribution in [2.24, 2.45) is 0 Å². The molecule has 1 aromatic heterocycles. The van der Waals surface area contributed by atoms with E-state index in [2.05, 4.69) is 4.98 Å². The highest BCUT2D eigenvalue weighted by atomic mass is 32.5. The second-order valence-corrected chi connectivity index (χ2v) is 11.0. The summed E-state index contributed by atoms with van der Waals surface area (Å²) in [6.07, 6.45) is 1.42. The zero-order valence-electron chi connectivity index (χ0n) is 18.5. The van der Waals surface area contributed by atoms with Gasteiger partial charge in [-0.25, -0.2) is 13.5 Å². The average molecular weight is 523 g/mol. The molecule has 0 fully saturated rings. The van der Waals surface area contributed by atoms with Gasteiger partial charge in [0.2, 0.25) is 5.88 Å². The van der Waals surface area contributed by atoms with Crippen molar-refractivity contribution in [3.63, 3.8) is 0 Å². The molecule has 0 bridgehead atoms. The van der Waals surface area contributed by atoms with Gasteiger partial charge in [0, 0.05) is 25.4 Å². The Balaban J connectivity index is 0.00000158. The molecule has 12 heteroatoms. The van der Waals surface area contributed by atoms with Crippen LogP contribution in [-0.4, -0.2) is 33.7 Å². The first-order valence-electron chi connectivity index (χ1n) is 10.2. The van der Waals surface area contributed by atoms with E-state index in [1.165, 1.54) is 6.20 Å². The fraction of sp³-hybridized carbons (Fsp3) is 0.227. The van der Waals surface area contributed by atoms with Crippen LogP contribution in [0.1, 0.15) is 13.8 Å². The summed E-state index contributed by atoms with van der Waals surface area (Å²) < 4.78 is 90.2. The maximum atomic E-state index is 12.9. The van der Waals surface area contributed by atoms with E-state index in [1.807, 2.05) is 13.8 Å². The summed E-state index contributed by atoms with van der Waals surface area (Å²) in [5, 5.41) is 0. The van der Waals surface area contributed by atoms with Gasteiger partial charge < -0.3 is 9.47 Å². The van der Waals surface area contributed by atoms with Crippen LogP contribution < -0.4 is 9.47 Å². The van der Waals surface area contributed by atoms with Crippen LogP contribution in [0.3, 0.4) is 0 Å². The van der Waals surface area contributed by atoms with Crippen molar-refractivity contribution >= 4 is 21.2 Å². The summed E-state index contributed by atoms with van der Waals surface area (Å²) >= 11 is 0. The summed E-state index contributed by atoms with van der Waals surface area (Å²) in [7, 11) is -9.52. The number of pyridine rings is 1. The zero-order chi connectivity index (χ0) is 25.2. The van der Waals surface area contributed by atoms with Gasteiger partial charge in [-0.3, -0.25) is 0 Å². The largest absolute Gasteiger partial charge is 0.491 e. The lowest BCUT2D eigenvalue weighted by Gasteiger charge is -2.40. The summed E-state index contributed by atoms with van der Waals surface area (Å²) in [6.45, 7) is 4.86. The maximum absolute atomic E-state index is 12.9. The van der Waals surface area contributed by atoms with Gasteiger partial charge in [-0.2, -0.15) is 0 Å². The SMILES string of the molecule is CC.CN1CCOc2ccc(-c3cccnc3Oc3ccc(S(F)(F)(F)(F)F)cc3)cc2S1=O. The Morgan fingerprint density at radius 2 is 1.71 bits per heavy atom. The van der Waals surface area contributed by atoms with E-state index in [4.69, 9.17) is 9.47 Å². The lowest BCUT2D eigenvalue weighted by atomic mass is 10.1. The second kappa shape index (κ2) is 8.82. The van der Waals surface area contributed by atoms with E-state index in [-0.39, 0.29) is 23.8 Å². The number of nitrogens with zero attached hydrogens (tertiary/aromatic N) is 2. The predicted octanol–water partition coefficient (Wildman–Crippen LogP) is 7.57. The second-order valence-electron chi connectivity index (χ2n) is 7.01. The highest BCUT2D eigenvalue weighted by molar-refractivity contribution is 8.45. The van der Waals surface area contributed by atoms with E-state index in [0.717, 1.165) is 12.1 Å². The number of benzene rings is 2. The van der Waals surface area contributed by atoms with Crippen LogP contribution in [-0.2, 0) is 11.0 Å². The third-order valence-electron chi connectivity index (χ3n) is 4.64. The quantitative estimate of drug-likeness (QED) is 0.332. The van der Waals surface area contributed by atoms with Crippen LogP contribution in [0.15, 0.2) is 70.6 Å². The van der Waals surface area contributed by atoms with Crippen molar-refractivity contribution in [1.82, 2.24) is 9.29 Å². The van der Waals surface area contributed by atoms with E-state index in [0.29, 0.717) is 34.9 Å². The van der Waals surface area contributed by atoms with Gasteiger partial charge in [-0.1, -0.05) is 39.3 Å². The third kappa shape index (κ3) is 5.86. The number of hydrogen-bond donors (Lipinski definition) is 0. The molecule has 0 saturated carbocycles. The van der Waals surface area contributed by atoms with Crippen LogP contribution in [0.4, 0.5) is 19.4 Å². The standard InChI is InChI=1S/C20H17F5N2O3S2.C2H6/c1-27-11-12-29-18-9-4-14(13-19(18)31(27)28)17-3-2-10-26-20(17)30-15-5-7-16(8-6-15)32(21,22,23,24)25;1-2/h2-10,13H,11-12H2,1H3;1-2H3. The molecule has 0 amide bonds. The molecule has 2 heterocycles. The molecule has 0 N–H and O–H groups in total. The molecule has 0 saturated heterocycles. The molecule has 1 atom stereocenters. The number of rotatable bonds is 4. The summed E-state index contributed by atoms with van der Waals surface area (Å²) in [5.41, 5.74) is 1.05. The molecule has 2 aromatic carbocycles. The predicted molar refractivity (Wildman–Crippen MR) is 123 cm³/mol. The molecule has 4 rings (SSSR count).